The third-order valence-corrected chi connectivity index (χ3v) is 3.28. The lowest BCUT2D eigenvalue weighted by molar-refractivity contribution is -0.135. The number of benzene rings is 1. The predicted molar refractivity (Wildman–Crippen MR) is 83.9 cm³/mol. The van der Waals surface area contributed by atoms with Crippen LogP contribution in [0.3, 0.4) is 0 Å². The third-order valence-electron chi connectivity index (χ3n) is 3.28. The molecule has 1 aromatic carbocycles. The second-order valence-electron chi connectivity index (χ2n) is 5.39. The van der Waals surface area contributed by atoms with Crippen LogP contribution < -0.4 is 5.32 Å². The first-order chi connectivity index (χ1) is 10.3. The van der Waals surface area contributed by atoms with Crippen molar-refractivity contribution in [3.05, 3.63) is 35.4 Å². The van der Waals surface area contributed by atoms with Gasteiger partial charge in [0.05, 0.1) is 0 Å². The Kier molecular flexibility index (Phi) is 7.21. The average molecular weight is 315 g/mol. The molecule has 3 nitrogen and oxygen atoms in total. The van der Waals surface area contributed by atoms with E-state index in [2.05, 4.69) is 34.6 Å². The van der Waals surface area contributed by atoms with Gasteiger partial charge in [0.1, 0.15) is 0 Å². The van der Waals surface area contributed by atoms with Gasteiger partial charge in [-0.1, -0.05) is 29.8 Å². The molecule has 0 aliphatic carbocycles. The SMILES string of the molecule is CN=C(NCCCCC(F)(F)F)N(C)Cc1ccc(C)cc1. The Morgan fingerprint density at radius 2 is 1.82 bits per heavy atom. The lowest BCUT2D eigenvalue weighted by Gasteiger charge is -2.22. The Balaban J connectivity index is 2.35. The Bertz CT molecular complexity index is 467. The van der Waals surface area contributed by atoms with E-state index in [9.17, 15) is 13.2 Å². The van der Waals surface area contributed by atoms with E-state index in [4.69, 9.17) is 0 Å². The van der Waals surface area contributed by atoms with Crippen LogP contribution in [0.4, 0.5) is 13.2 Å². The van der Waals surface area contributed by atoms with Crippen LogP contribution in [-0.2, 0) is 6.54 Å². The van der Waals surface area contributed by atoms with Crippen LogP contribution in [0, 0.1) is 6.92 Å². The Morgan fingerprint density at radius 3 is 2.36 bits per heavy atom. The number of hydrogen-bond acceptors (Lipinski definition) is 1. The lowest BCUT2D eigenvalue weighted by Crippen LogP contribution is -2.38. The topological polar surface area (TPSA) is 27.6 Å². The van der Waals surface area contributed by atoms with Crippen LogP contribution in [0.5, 0.6) is 0 Å². The van der Waals surface area contributed by atoms with Crippen molar-refractivity contribution in [1.82, 2.24) is 10.2 Å². The van der Waals surface area contributed by atoms with E-state index in [1.807, 2.05) is 18.9 Å². The Morgan fingerprint density at radius 1 is 1.18 bits per heavy atom. The monoisotopic (exact) mass is 315 g/mol. The molecule has 0 aromatic heterocycles. The van der Waals surface area contributed by atoms with E-state index < -0.39 is 12.6 Å². The number of aryl methyl sites for hydroxylation is 1. The summed E-state index contributed by atoms with van der Waals surface area (Å²) in [6.45, 7) is 3.22. The molecule has 0 radical (unpaired) electrons. The molecule has 0 spiro atoms. The zero-order chi connectivity index (χ0) is 16.6. The van der Waals surface area contributed by atoms with E-state index in [1.165, 1.54) is 5.56 Å². The van der Waals surface area contributed by atoms with Gasteiger partial charge < -0.3 is 10.2 Å². The molecule has 1 N–H and O–H groups in total. The zero-order valence-corrected chi connectivity index (χ0v) is 13.4. The van der Waals surface area contributed by atoms with Crippen molar-refractivity contribution in [1.29, 1.82) is 0 Å². The van der Waals surface area contributed by atoms with Crippen LogP contribution in [-0.4, -0.2) is 37.7 Å². The standard InChI is InChI=1S/C16H24F3N3/c1-13-6-8-14(9-7-13)12-22(3)15(20-2)21-11-5-4-10-16(17,18)19/h6-9H,4-5,10-12H2,1-3H3,(H,20,21). The van der Waals surface area contributed by atoms with Crippen LogP contribution in [0.2, 0.25) is 0 Å². The quantitative estimate of drug-likeness (QED) is 0.492. The van der Waals surface area contributed by atoms with Crippen LogP contribution in [0.1, 0.15) is 30.4 Å². The van der Waals surface area contributed by atoms with Crippen molar-refractivity contribution >= 4 is 5.96 Å². The molecule has 0 fully saturated rings. The summed E-state index contributed by atoms with van der Waals surface area (Å²) >= 11 is 0. The highest BCUT2D eigenvalue weighted by molar-refractivity contribution is 5.79. The van der Waals surface area contributed by atoms with Crippen LogP contribution in [0.25, 0.3) is 0 Å². The number of unbranched alkanes of at least 4 members (excludes halogenated alkanes) is 1. The first-order valence-electron chi connectivity index (χ1n) is 7.36. The van der Waals surface area contributed by atoms with Gasteiger partial charge >= 0.3 is 6.18 Å². The lowest BCUT2D eigenvalue weighted by atomic mass is 10.1. The highest BCUT2D eigenvalue weighted by atomic mass is 19.4. The molecule has 0 amide bonds. The fraction of sp³-hybridized carbons (Fsp3) is 0.562. The van der Waals surface area contributed by atoms with Crippen molar-refractivity contribution in [2.75, 3.05) is 20.6 Å². The van der Waals surface area contributed by atoms with Gasteiger partial charge in [-0.3, -0.25) is 4.99 Å². The number of aliphatic imine (C=N–C) groups is 1. The van der Waals surface area contributed by atoms with Gasteiger partial charge in [0.2, 0.25) is 0 Å². The van der Waals surface area contributed by atoms with Gasteiger partial charge in [0, 0.05) is 33.6 Å². The van der Waals surface area contributed by atoms with Crippen molar-refractivity contribution in [3.63, 3.8) is 0 Å². The zero-order valence-electron chi connectivity index (χ0n) is 13.4. The van der Waals surface area contributed by atoms with Gasteiger partial charge in [0.25, 0.3) is 0 Å². The number of nitrogens with one attached hydrogen (secondary N) is 1. The largest absolute Gasteiger partial charge is 0.389 e. The second-order valence-corrected chi connectivity index (χ2v) is 5.39. The summed E-state index contributed by atoms with van der Waals surface area (Å²) in [5, 5.41) is 3.10. The number of rotatable bonds is 6. The molecule has 0 bridgehead atoms. The minimum atomic E-state index is -4.07. The summed E-state index contributed by atoms with van der Waals surface area (Å²) in [6.07, 6.45) is -4.19. The molecule has 0 heterocycles. The summed E-state index contributed by atoms with van der Waals surface area (Å²) in [6, 6.07) is 8.22. The fourth-order valence-corrected chi connectivity index (χ4v) is 2.08. The maximum atomic E-state index is 12.1. The third kappa shape index (κ3) is 7.33. The molecule has 124 valence electrons. The molecule has 6 heteroatoms. The van der Waals surface area contributed by atoms with E-state index in [1.54, 1.807) is 7.05 Å². The highest BCUT2D eigenvalue weighted by Gasteiger charge is 2.25. The highest BCUT2D eigenvalue weighted by Crippen LogP contribution is 2.21. The molecule has 0 atom stereocenters. The molecule has 0 saturated carbocycles. The summed E-state index contributed by atoms with van der Waals surface area (Å²) in [5.74, 6) is 0.688. The van der Waals surface area contributed by atoms with E-state index >= 15 is 0 Å². The first kappa shape index (κ1) is 18.3. The van der Waals surface area contributed by atoms with Crippen molar-refractivity contribution in [3.8, 4) is 0 Å². The summed E-state index contributed by atoms with van der Waals surface area (Å²) in [7, 11) is 3.58. The molecule has 0 aliphatic heterocycles. The molecule has 0 unspecified atom stereocenters. The van der Waals surface area contributed by atoms with Crippen LogP contribution in [0.15, 0.2) is 29.3 Å². The number of alkyl halides is 3. The molecule has 0 aliphatic rings. The molecule has 1 rings (SSSR count). The maximum absolute atomic E-state index is 12.1. The normalized spacial score (nSPS) is 12.4. The van der Waals surface area contributed by atoms with E-state index in [0.29, 0.717) is 25.5 Å². The number of halogens is 3. The van der Waals surface area contributed by atoms with E-state index in [0.717, 1.165) is 5.56 Å². The maximum Gasteiger partial charge on any atom is 0.389 e. The fourth-order valence-electron chi connectivity index (χ4n) is 2.08. The van der Waals surface area contributed by atoms with Crippen molar-refractivity contribution < 1.29 is 13.2 Å². The van der Waals surface area contributed by atoms with Gasteiger partial charge in [-0.15, -0.1) is 0 Å². The first-order valence-corrected chi connectivity index (χ1v) is 7.36. The summed E-state index contributed by atoms with van der Waals surface area (Å²) < 4.78 is 36.2. The minimum absolute atomic E-state index is 0.134. The van der Waals surface area contributed by atoms with Gasteiger partial charge in [0.15, 0.2) is 5.96 Å². The van der Waals surface area contributed by atoms with Gasteiger partial charge in [-0.2, -0.15) is 13.2 Å². The summed E-state index contributed by atoms with van der Waals surface area (Å²) in [4.78, 5) is 6.11. The van der Waals surface area contributed by atoms with E-state index in [-0.39, 0.29) is 6.42 Å². The predicted octanol–water partition coefficient (Wildman–Crippen LogP) is 3.73. The van der Waals surface area contributed by atoms with Crippen LogP contribution >= 0.6 is 0 Å². The van der Waals surface area contributed by atoms with Crippen molar-refractivity contribution in [2.24, 2.45) is 4.99 Å². The number of nitrogens with zero attached hydrogens (tertiary/aromatic N) is 2. The second kappa shape index (κ2) is 8.66. The number of guanidine groups is 1. The number of hydrogen-bond donors (Lipinski definition) is 1. The smallest absolute Gasteiger partial charge is 0.356 e. The van der Waals surface area contributed by atoms with Gasteiger partial charge in [-0.05, 0) is 25.3 Å². The van der Waals surface area contributed by atoms with Crippen molar-refractivity contribution in [2.45, 2.75) is 38.9 Å². The minimum Gasteiger partial charge on any atom is -0.356 e. The molecule has 22 heavy (non-hydrogen) atoms. The Labute approximate surface area is 130 Å². The van der Waals surface area contributed by atoms with Gasteiger partial charge in [-0.25, -0.2) is 0 Å². The average Bonchev–Trinajstić information content (AvgIpc) is 2.44. The molecule has 1 aromatic rings. The summed E-state index contributed by atoms with van der Waals surface area (Å²) in [5.41, 5.74) is 2.37. The molecule has 0 saturated heterocycles. The molecular formula is C16H24F3N3. The Hall–Kier alpha value is -1.72. The molecular weight excluding hydrogens is 291 g/mol.